The molecule has 0 unspecified atom stereocenters. The number of amides is 1. The Balaban J connectivity index is 1.93. The molecule has 0 spiro atoms. The van der Waals surface area contributed by atoms with Crippen molar-refractivity contribution in [2.24, 2.45) is 0 Å². The summed E-state index contributed by atoms with van der Waals surface area (Å²) in [6, 6.07) is 6.01. The molecule has 1 aromatic rings. The van der Waals surface area contributed by atoms with E-state index in [0.717, 1.165) is 19.3 Å². The van der Waals surface area contributed by atoms with Crippen molar-refractivity contribution in [1.29, 1.82) is 0 Å². The minimum atomic E-state index is -0.426. The van der Waals surface area contributed by atoms with Gasteiger partial charge in [0.05, 0.1) is 18.6 Å². The van der Waals surface area contributed by atoms with Crippen LogP contribution in [0.5, 0.6) is 0 Å². The molecule has 92 valence electrons. The highest BCUT2D eigenvalue weighted by atomic mass is 19.1. The Morgan fingerprint density at radius 1 is 1.47 bits per heavy atom. The Bertz CT molecular complexity index is 410. The Morgan fingerprint density at radius 3 is 2.76 bits per heavy atom. The van der Waals surface area contributed by atoms with Crippen LogP contribution in [0.2, 0.25) is 0 Å². The lowest BCUT2D eigenvalue weighted by Gasteiger charge is -2.41. The fourth-order valence-corrected chi connectivity index (χ4v) is 2.10. The number of aliphatic hydroxyl groups is 1. The number of carbonyl (C=O) groups excluding carboxylic acids is 1. The number of aliphatic hydroxyl groups excluding tert-OH is 1. The molecular formula is C13H16FNO2. The average molecular weight is 237 g/mol. The summed E-state index contributed by atoms with van der Waals surface area (Å²) in [4.78, 5) is 11.7. The van der Waals surface area contributed by atoms with Gasteiger partial charge in [-0.2, -0.15) is 0 Å². The normalized spacial score (nSPS) is 17.3. The molecule has 1 amide bonds. The van der Waals surface area contributed by atoms with Gasteiger partial charge in [0.1, 0.15) is 5.82 Å². The van der Waals surface area contributed by atoms with Crippen molar-refractivity contribution in [3.8, 4) is 0 Å². The lowest BCUT2D eigenvalue weighted by molar-refractivity contribution is -0.124. The third-order valence-electron chi connectivity index (χ3n) is 3.27. The lowest BCUT2D eigenvalue weighted by atomic mass is 9.77. The zero-order valence-electron chi connectivity index (χ0n) is 9.58. The highest BCUT2D eigenvalue weighted by Crippen LogP contribution is 2.31. The van der Waals surface area contributed by atoms with Gasteiger partial charge in [-0.15, -0.1) is 0 Å². The van der Waals surface area contributed by atoms with E-state index in [1.54, 1.807) is 12.1 Å². The maximum absolute atomic E-state index is 12.9. The molecule has 0 aliphatic heterocycles. The number of carbonyl (C=O) groups is 1. The molecule has 1 aromatic carbocycles. The van der Waals surface area contributed by atoms with Crippen molar-refractivity contribution in [3.63, 3.8) is 0 Å². The van der Waals surface area contributed by atoms with Crippen molar-refractivity contribution in [3.05, 3.63) is 35.6 Å². The monoisotopic (exact) mass is 237 g/mol. The number of halogens is 1. The Kier molecular flexibility index (Phi) is 3.43. The summed E-state index contributed by atoms with van der Waals surface area (Å²) in [6.45, 7) is -0.0259. The molecule has 0 atom stereocenters. The second kappa shape index (κ2) is 4.84. The van der Waals surface area contributed by atoms with Gasteiger partial charge in [0.25, 0.3) is 0 Å². The van der Waals surface area contributed by atoms with Gasteiger partial charge in [0.15, 0.2) is 0 Å². The predicted molar refractivity (Wildman–Crippen MR) is 61.9 cm³/mol. The van der Waals surface area contributed by atoms with Crippen LogP contribution in [0.1, 0.15) is 24.8 Å². The van der Waals surface area contributed by atoms with Gasteiger partial charge in [-0.05, 0) is 37.0 Å². The molecule has 1 aliphatic carbocycles. The number of rotatable bonds is 4. The molecule has 0 saturated heterocycles. The van der Waals surface area contributed by atoms with Gasteiger partial charge in [-0.1, -0.05) is 12.1 Å². The Labute approximate surface area is 99.7 Å². The fourth-order valence-electron chi connectivity index (χ4n) is 2.10. The first kappa shape index (κ1) is 12.0. The first-order valence-corrected chi connectivity index (χ1v) is 5.80. The molecule has 0 radical (unpaired) electrons. The van der Waals surface area contributed by atoms with E-state index in [9.17, 15) is 14.3 Å². The van der Waals surface area contributed by atoms with Crippen LogP contribution in [0, 0.1) is 5.82 Å². The van der Waals surface area contributed by atoms with Gasteiger partial charge in [-0.25, -0.2) is 4.39 Å². The number of nitrogens with one attached hydrogen (secondary N) is 1. The van der Waals surface area contributed by atoms with Crippen molar-refractivity contribution in [2.75, 3.05) is 6.61 Å². The molecule has 1 saturated carbocycles. The first-order valence-electron chi connectivity index (χ1n) is 5.80. The number of hydrogen-bond acceptors (Lipinski definition) is 2. The lowest BCUT2D eigenvalue weighted by Crippen LogP contribution is -2.56. The third kappa shape index (κ3) is 2.82. The molecule has 17 heavy (non-hydrogen) atoms. The summed E-state index contributed by atoms with van der Waals surface area (Å²) >= 11 is 0. The molecule has 2 N–H and O–H groups in total. The molecule has 0 bridgehead atoms. The quantitative estimate of drug-likeness (QED) is 0.831. The predicted octanol–water partition coefficient (Wildman–Crippen LogP) is 1.40. The molecule has 0 aromatic heterocycles. The molecular weight excluding hydrogens is 221 g/mol. The zero-order valence-corrected chi connectivity index (χ0v) is 9.58. The topological polar surface area (TPSA) is 49.3 Å². The molecule has 0 heterocycles. The fraction of sp³-hybridized carbons (Fsp3) is 0.462. The van der Waals surface area contributed by atoms with Gasteiger partial charge in [0, 0.05) is 0 Å². The van der Waals surface area contributed by atoms with Gasteiger partial charge in [0.2, 0.25) is 5.91 Å². The van der Waals surface area contributed by atoms with Gasteiger partial charge in [-0.3, -0.25) is 4.79 Å². The highest BCUT2D eigenvalue weighted by Gasteiger charge is 2.37. The number of benzene rings is 1. The van der Waals surface area contributed by atoms with Crippen molar-refractivity contribution in [2.45, 2.75) is 31.2 Å². The molecule has 1 fully saturated rings. The maximum atomic E-state index is 12.9. The van der Waals surface area contributed by atoms with E-state index in [-0.39, 0.29) is 24.8 Å². The summed E-state index contributed by atoms with van der Waals surface area (Å²) in [7, 11) is 0. The minimum Gasteiger partial charge on any atom is -0.394 e. The average Bonchev–Trinajstić information content (AvgIpc) is 2.23. The van der Waals surface area contributed by atoms with E-state index in [1.165, 1.54) is 12.1 Å². The zero-order chi connectivity index (χ0) is 12.3. The Morgan fingerprint density at radius 2 is 2.24 bits per heavy atom. The molecule has 3 nitrogen and oxygen atoms in total. The van der Waals surface area contributed by atoms with Crippen LogP contribution in [-0.2, 0) is 11.2 Å². The molecule has 4 heteroatoms. The van der Waals surface area contributed by atoms with Crippen molar-refractivity contribution < 1.29 is 14.3 Å². The first-order chi connectivity index (χ1) is 8.13. The van der Waals surface area contributed by atoms with E-state index >= 15 is 0 Å². The third-order valence-corrected chi connectivity index (χ3v) is 3.27. The van der Waals surface area contributed by atoms with Crippen LogP contribution < -0.4 is 5.32 Å². The summed E-state index contributed by atoms with van der Waals surface area (Å²) in [6.07, 6.45) is 2.82. The van der Waals surface area contributed by atoms with Crippen LogP contribution in [0.25, 0.3) is 0 Å². The maximum Gasteiger partial charge on any atom is 0.224 e. The summed E-state index contributed by atoms with van der Waals surface area (Å²) in [5.41, 5.74) is 0.222. The second-order valence-electron chi connectivity index (χ2n) is 4.65. The van der Waals surface area contributed by atoms with E-state index in [4.69, 9.17) is 0 Å². The van der Waals surface area contributed by atoms with E-state index in [1.807, 2.05) is 0 Å². The highest BCUT2D eigenvalue weighted by molar-refractivity contribution is 5.79. The van der Waals surface area contributed by atoms with Gasteiger partial charge < -0.3 is 10.4 Å². The summed E-state index contributed by atoms with van der Waals surface area (Å²) < 4.78 is 12.9. The van der Waals surface area contributed by atoms with Gasteiger partial charge >= 0.3 is 0 Å². The van der Waals surface area contributed by atoms with Crippen LogP contribution >= 0.6 is 0 Å². The van der Waals surface area contributed by atoms with Crippen LogP contribution in [0.4, 0.5) is 4.39 Å². The smallest absolute Gasteiger partial charge is 0.224 e. The van der Waals surface area contributed by atoms with Crippen LogP contribution in [0.3, 0.4) is 0 Å². The minimum absolute atomic E-state index is 0.0259. The summed E-state index contributed by atoms with van der Waals surface area (Å²) in [5.74, 6) is -0.500. The SMILES string of the molecule is O=C(Cc1cccc(F)c1)NC1(CO)CCC1. The molecule has 2 rings (SSSR count). The van der Waals surface area contributed by atoms with E-state index in [0.29, 0.717) is 5.56 Å². The van der Waals surface area contributed by atoms with Crippen molar-refractivity contribution in [1.82, 2.24) is 5.32 Å². The standard InChI is InChI=1S/C13H16FNO2/c14-11-4-1-3-10(7-11)8-12(17)15-13(9-16)5-2-6-13/h1,3-4,7,16H,2,5-6,8-9H2,(H,15,17). The van der Waals surface area contributed by atoms with E-state index in [2.05, 4.69) is 5.32 Å². The van der Waals surface area contributed by atoms with E-state index < -0.39 is 5.54 Å². The van der Waals surface area contributed by atoms with Crippen molar-refractivity contribution >= 4 is 5.91 Å². The van der Waals surface area contributed by atoms with Crippen LogP contribution in [0.15, 0.2) is 24.3 Å². The largest absolute Gasteiger partial charge is 0.394 e. The second-order valence-corrected chi connectivity index (χ2v) is 4.65. The Hall–Kier alpha value is -1.42. The molecule has 1 aliphatic rings. The van der Waals surface area contributed by atoms with Crippen LogP contribution in [-0.4, -0.2) is 23.2 Å². The summed E-state index contributed by atoms with van der Waals surface area (Å²) in [5, 5.41) is 12.1. The number of hydrogen-bond donors (Lipinski definition) is 2.